The Kier molecular flexibility index (Phi) is 5.30. The normalized spacial score (nSPS) is 18.4. The van der Waals surface area contributed by atoms with Crippen molar-refractivity contribution in [1.29, 1.82) is 0 Å². The van der Waals surface area contributed by atoms with Gasteiger partial charge in [0.25, 0.3) is 10.2 Å². The molecule has 1 fully saturated rings. The SMILES string of the molecule is N[C@@H](c1ccccc1)[C@@H](NS(=O)(=O)N1CCCC1)c1ccccc1. The van der Waals surface area contributed by atoms with E-state index in [1.165, 1.54) is 4.31 Å². The fourth-order valence-corrected chi connectivity index (χ4v) is 4.53. The van der Waals surface area contributed by atoms with Crippen molar-refractivity contribution in [3.8, 4) is 0 Å². The molecular formula is C18H23N3O2S. The van der Waals surface area contributed by atoms with Gasteiger partial charge < -0.3 is 5.73 Å². The number of nitrogens with one attached hydrogen (secondary N) is 1. The van der Waals surface area contributed by atoms with Crippen LogP contribution < -0.4 is 10.5 Å². The van der Waals surface area contributed by atoms with Gasteiger partial charge in [-0.1, -0.05) is 60.7 Å². The van der Waals surface area contributed by atoms with Crippen molar-refractivity contribution in [2.75, 3.05) is 13.1 Å². The van der Waals surface area contributed by atoms with Crippen molar-refractivity contribution in [2.24, 2.45) is 5.73 Å². The first-order chi connectivity index (χ1) is 11.6. The zero-order valence-electron chi connectivity index (χ0n) is 13.5. The van der Waals surface area contributed by atoms with E-state index in [4.69, 9.17) is 5.73 Å². The highest BCUT2D eigenvalue weighted by Crippen LogP contribution is 2.28. The van der Waals surface area contributed by atoms with Gasteiger partial charge in [0.2, 0.25) is 0 Å². The van der Waals surface area contributed by atoms with Gasteiger partial charge in [-0.2, -0.15) is 17.4 Å². The average Bonchev–Trinajstić information content (AvgIpc) is 3.16. The van der Waals surface area contributed by atoms with Crippen LogP contribution in [0.4, 0.5) is 0 Å². The Morgan fingerprint density at radius 1 is 0.875 bits per heavy atom. The summed E-state index contributed by atoms with van der Waals surface area (Å²) in [7, 11) is -3.56. The third kappa shape index (κ3) is 3.84. The summed E-state index contributed by atoms with van der Waals surface area (Å²) in [4.78, 5) is 0. The van der Waals surface area contributed by atoms with E-state index in [2.05, 4.69) is 4.72 Å². The molecule has 2 atom stereocenters. The van der Waals surface area contributed by atoms with E-state index in [0.717, 1.165) is 24.0 Å². The highest BCUT2D eigenvalue weighted by Gasteiger charge is 2.31. The summed E-state index contributed by atoms with van der Waals surface area (Å²) in [5.41, 5.74) is 8.19. The first-order valence-electron chi connectivity index (χ1n) is 8.21. The van der Waals surface area contributed by atoms with Crippen LogP contribution in [-0.4, -0.2) is 25.8 Å². The number of nitrogens with two attached hydrogens (primary N) is 1. The molecule has 24 heavy (non-hydrogen) atoms. The third-order valence-electron chi connectivity index (χ3n) is 4.38. The molecule has 0 amide bonds. The molecule has 1 heterocycles. The summed E-state index contributed by atoms with van der Waals surface area (Å²) < 4.78 is 29.7. The van der Waals surface area contributed by atoms with Gasteiger partial charge in [0.15, 0.2) is 0 Å². The highest BCUT2D eigenvalue weighted by molar-refractivity contribution is 7.87. The number of hydrogen-bond donors (Lipinski definition) is 2. The largest absolute Gasteiger partial charge is 0.322 e. The number of benzene rings is 2. The van der Waals surface area contributed by atoms with Crippen molar-refractivity contribution >= 4 is 10.2 Å². The summed E-state index contributed by atoms with van der Waals surface area (Å²) in [6.07, 6.45) is 1.81. The number of nitrogens with zero attached hydrogens (tertiary/aromatic N) is 1. The minimum Gasteiger partial charge on any atom is -0.322 e. The third-order valence-corrected chi connectivity index (χ3v) is 5.98. The Morgan fingerprint density at radius 3 is 1.92 bits per heavy atom. The lowest BCUT2D eigenvalue weighted by atomic mass is 9.95. The van der Waals surface area contributed by atoms with E-state index in [1.807, 2.05) is 60.7 Å². The molecule has 5 nitrogen and oxygen atoms in total. The fraction of sp³-hybridized carbons (Fsp3) is 0.333. The van der Waals surface area contributed by atoms with Gasteiger partial charge >= 0.3 is 0 Å². The molecule has 0 spiro atoms. The minimum atomic E-state index is -3.56. The van der Waals surface area contributed by atoms with Crippen molar-refractivity contribution in [3.63, 3.8) is 0 Å². The zero-order valence-corrected chi connectivity index (χ0v) is 14.3. The Morgan fingerprint density at radius 2 is 1.38 bits per heavy atom. The Hall–Kier alpha value is -1.73. The molecule has 6 heteroatoms. The molecule has 0 aliphatic carbocycles. The summed E-state index contributed by atoms with van der Waals surface area (Å²) >= 11 is 0. The lowest BCUT2D eigenvalue weighted by Crippen LogP contribution is -2.43. The monoisotopic (exact) mass is 345 g/mol. The molecule has 128 valence electrons. The van der Waals surface area contributed by atoms with Crippen LogP contribution in [0.2, 0.25) is 0 Å². The van der Waals surface area contributed by atoms with Gasteiger partial charge in [-0.3, -0.25) is 0 Å². The van der Waals surface area contributed by atoms with Crippen molar-refractivity contribution in [3.05, 3.63) is 71.8 Å². The molecule has 2 aromatic carbocycles. The minimum absolute atomic E-state index is 0.467. The topological polar surface area (TPSA) is 75.4 Å². The van der Waals surface area contributed by atoms with Gasteiger partial charge in [-0.25, -0.2) is 0 Å². The average molecular weight is 345 g/mol. The lowest BCUT2D eigenvalue weighted by molar-refractivity contribution is 0.437. The lowest BCUT2D eigenvalue weighted by Gasteiger charge is -2.28. The summed E-state index contributed by atoms with van der Waals surface area (Å²) in [5, 5.41) is 0. The molecule has 1 aliphatic rings. The van der Waals surface area contributed by atoms with E-state index < -0.39 is 22.3 Å². The Labute approximate surface area is 143 Å². The highest BCUT2D eigenvalue weighted by atomic mass is 32.2. The van der Waals surface area contributed by atoms with Crippen LogP contribution in [0.5, 0.6) is 0 Å². The first-order valence-corrected chi connectivity index (χ1v) is 9.65. The molecule has 1 saturated heterocycles. The van der Waals surface area contributed by atoms with Crippen molar-refractivity contribution in [2.45, 2.75) is 24.9 Å². The van der Waals surface area contributed by atoms with Crippen LogP contribution in [0.1, 0.15) is 36.1 Å². The van der Waals surface area contributed by atoms with Gasteiger partial charge in [0, 0.05) is 13.1 Å². The van der Waals surface area contributed by atoms with Gasteiger partial charge in [-0.15, -0.1) is 0 Å². The van der Waals surface area contributed by atoms with Crippen LogP contribution in [0.3, 0.4) is 0 Å². The van der Waals surface area contributed by atoms with E-state index in [9.17, 15) is 8.42 Å². The molecule has 2 aromatic rings. The second-order valence-corrected chi connectivity index (χ2v) is 7.76. The molecule has 0 bridgehead atoms. The molecule has 3 rings (SSSR count). The Bertz CT molecular complexity index is 744. The van der Waals surface area contributed by atoms with Gasteiger partial charge in [0.1, 0.15) is 0 Å². The molecule has 0 radical (unpaired) electrons. The van der Waals surface area contributed by atoms with Gasteiger partial charge in [0.05, 0.1) is 12.1 Å². The fourth-order valence-electron chi connectivity index (χ4n) is 3.04. The number of rotatable bonds is 6. The quantitative estimate of drug-likeness (QED) is 0.844. The summed E-state index contributed by atoms with van der Waals surface area (Å²) in [6, 6.07) is 18.1. The number of hydrogen-bond acceptors (Lipinski definition) is 3. The predicted octanol–water partition coefficient (Wildman–Crippen LogP) is 2.36. The smallest absolute Gasteiger partial charge is 0.280 e. The Balaban J connectivity index is 1.91. The van der Waals surface area contributed by atoms with Crippen LogP contribution in [0, 0.1) is 0 Å². The van der Waals surface area contributed by atoms with Crippen LogP contribution in [-0.2, 0) is 10.2 Å². The molecule has 0 saturated carbocycles. The van der Waals surface area contributed by atoms with Crippen LogP contribution in [0.15, 0.2) is 60.7 Å². The molecule has 0 aromatic heterocycles. The molecule has 3 N–H and O–H groups in total. The second kappa shape index (κ2) is 7.44. The second-order valence-electron chi connectivity index (χ2n) is 6.05. The van der Waals surface area contributed by atoms with Crippen LogP contribution >= 0.6 is 0 Å². The van der Waals surface area contributed by atoms with E-state index in [1.54, 1.807) is 0 Å². The van der Waals surface area contributed by atoms with E-state index >= 15 is 0 Å². The summed E-state index contributed by atoms with van der Waals surface area (Å²) in [6.45, 7) is 1.13. The summed E-state index contributed by atoms with van der Waals surface area (Å²) in [5.74, 6) is 0. The van der Waals surface area contributed by atoms with Crippen LogP contribution in [0.25, 0.3) is 0 Å². The van der Waals surface area contributed by atoms with Crippen molar-refractivity contribution < 1.29 is 8.42 Å². The maximum absolute atomic E-state index is 12.7. The van der Waals surface area contributed by atoms with Gasteiger partial charge in [-0.05, 0) is 24.0 Å². The molecule has 0 unspecified atom stereocenters. The molecular weight excluding hydrogens is 322 g/mol. The maximum Gasteiger partial charge on any atom is 0.280 e. The molecule has 1 aliphatic heterocycles. The van der Waals surface area contributed by atoms with E-state index in [0.29, 0.717) is 13.1 Å². The zero-order chi connectivity index (χ0) is 17.0. The standard InChI is InChI=1S/C18H23N3O2S/c19-17(15-9-3-1-4-10-15)18(16-11-5-2-6-12-16)20-24(22,23)21-13-7-8-14-21/h1-6,9-12,17-18,20H,7-8,13-14,19H2/t17-,18-/m0/s1. The predicted molar refractivity (Wildman–Crippen MR) is 95.4 cm³/mol. The maximum atomic E-state index is 12.7. The van der Waals surface area contributed by atoms with Crippen molar-refractivity contribution in [1.82, 2.24) is 9.03 Å². The first kappa shape index (κ1) is 17.1. The van der Waals surface area contributed by atoms with E-state index in [-0.39, 0.29) is 0 Å².